The van der Waals surface area contributed by atoms with E-state index in [1.54, 1.807) is 24.3 Å². The number of carbonyl (C=O) groups is 1. The van der Waals surface area contributed by atoms with E-state index < -0.39 is 16.1 Å². The van der Waals surface area contributed by atoms with Gasteiger partial charge in [0.1, 0.15) is 5.75 Å². The molecule has 7 nitrogen and oxygen atoms in total. The molecule has 1 N–H and O–H groups in total. The zero-order chi connectivity index (χ0) is 21.8. The van der Waals surface area contributed by atoms with Crippen LogP contribution >= 0.6 is 0 Å². The maximum Gasteiger partial charge on any atom is 0.261 e. The van der Waals surface area contributed by atoms with Crippen molar-refractivity contribution in [1.29, 1.82) is 0 Å². The molecule has 0 bridgehead atoms. The van der Waals surface area contributed by atoms with Crippen molar-refractivity contribution in [3.63, 3.8) is 0 Å². The monoisotopic (exact) mass is 443 g/mol. The number of fused-ring (bicyclic) bond motifs is 1. The summed E-state index contributed by atoms with van der Waals surface area (Å²) in [6.45, 7) is 2.79. The van der Waals surface area contributed by atoms with Gasteiger partial charge >= 0.3 is 0 Å². The first-order valence-electron chi connectivity index (χ1n) is 10.8. The van der Waals surface area contributed by atoms with Crippen LogP contribution in [0.1, 0.15) is 31.2 Å². The van der Waals surface area contributed by atoms with Gasteiger partial charge in [0.05, 0.1) is 11.9 Å². The number of benzene rings is 2. The average molecular weight is 444 g/mol. The molecule has 8 heteroatoms. The van der Waals surface area contributed by atoms with E-state index in [1.165, 1.54) is 29.3 Å². The molecular weight excluding hydrogens is 414 g/mol. The fourth-order valence-electron chi connectivity index (χ4n) is 4.14. The van der Waals surface area contributed by atoms with E-state index in [2.05, 4.69) is 22.3 Å². The summed E-state index contributed by atoms with van der Waals surface area (Å²) in [5.41, 5.74) is 2.70. The lowest BCUT2D eigenvalue weighted by Crippen LogP contribution is -2.39. The molecule has 0 aliphatic carbocycles. The van der Waals surface area contributed by atoms with E-state index in [0.717, 1.165) is 24.9 Å². The predicted octanol–water partition coefficient (Wildman–Crippen LogP) is 2.91. The standard InChI is InChI=1S/C23H29N3O4S/c1-31(28,29)26-16-13-22(30-21-8-4-3-7-20(21)26)23(27)24-17-18-9-11-19(12-10-18)25-14-5-2-6-15-25/h3-4,7-12,22H,2,5-6,13-17H2,1H3,(H,24,27)/t22-/m1/s1. The number of nitrogens with zero attached hydrogens (tertiary/aromatic N) is 2. The van der Waals surface area contributed by atoms with E-state index in [0.29, 0.717) is 18.0 Å². The second-order valence-electron chi connectivity index (χ2n) is 8.13. The van der Waals surface area contributed by atoms with Crippen molar-refractivity contribution in [2.75, 3.05) is 35.1 Å². The minimum Gasteiger partial charge on any atom is -0.478 e. The lowest BCUT2D eigenvalue weighted by Gasteiger charge is -2.28. The van der Waals surface area contributed by atoms with Crippen molar-refractivity contribution in [3.8, 4) is 5.75 Å². The zero-order valence-corrected chi connectivity index (χ0v) is 18.6. The fraction of sp³-hybridized carbons (Fsp3) is 0.435. The number of nitrogens with one attached hydrogen (secondary N) is 1. The molecule has 0 aromatic heterocycles. The first-order valence-corrected chi connectivity index (χ1v) is 12.6. The topological polar surface area (TPSA) is 79.0 Å². The maximum atomic E-state index is 12.8. The summed E-state index contributed by atoms with van der Waals surface area (Å²) in [5.74, 6) is 0.154. The Morgan fingerprint density at radius 2 is 1.74 bits per heavy atom. The third-order valence-corrected chi connectivity index (χ3v) is 6.99. The predicted molar refractivity (Wildman–Crippen MR) is 122 cm³/mol. The van der Waals surface area contributed by atoms with Gasteiger partial charge < -0.3 is 15.0 Å². The normalized spacial score (nSPS) is 19.2. The summed E-state index contributed by atoms with van der Waals surface area (Å²) < 4.78 is 31.6. The lowest BCUT2D eigenvalue weighted by molar-refractivity contribution is -0.128. The van der Waals surface area contributed by atoms with Gasteiger partial charge in [-0.3, -0.25) is 9.10 Å². The third-order valence-electron chi connectivity index (χ3n) is 5.81. The quantitative estimate of drug-likeness (QED) is 0.769. The van der Waals surface area contributed by atoms with Crippen molar-refractivity contribution >= 4 is 27.3 Å². The first-order chi connectivity index (χ1) is 14.9. The molecule has 2 aliphatic heterocycles. The van der Waals surface area contributed by atoms with Gasteiger partial charge in [-0.05, 0) is 49.1 Å². The van der Waals surface area contributed by atoms with Gasteiger partial charge in [0.15, 0.2) is 6.10 Å². The molecule has 2 aromatic rings. The molecule has 166 valence electrons. The first kappa shape index (κ1) is 21.5. The summed E-state index contributed by atoms with van der Waals surface area (Å²) in [7, 11) is -3.46. The summed E-state index contributed by atoms with van der Waals surface area (Å²) in [4.78, 5) is 15.2. The molecule has 0 radical (unpaired) electrons. The van der Waals surface area contributed by atoms with Crippen molar-refractivity contribution in [2.24, 2.45) is 0 Å². The second-order valence-corrected chi connectivity index (χ2v) is 10.0. The number of hydrogen-bond donors (Lipinski definition) is 1. The zero-order valence-electron chi connectivity index (χ0n) is 17.8. The Bertz CT molecular complexity index is 1020. The summed E-state index contributed by atoms with van der Waals surface area (Å²) in [5, 5.41) is 2.93. The van der Waals surface area contributed by atoms with E-state index in [4.69, 9.17) is 4.74 Å². The molecule has 0 saturated carbocycles. The minimum atomic E-state index is -3.46. The fourth-order valence-corrected chi connectivity index (χ4v) is 5.08. The van der Waals surface area contributed by atoms with Crippen molar-refractivity contribution < 1.29 is 17.9 Å². The molecular formula is C23H29N3O4S. The molecule has 31 heavy (non-hydrogen) atoms. The van der Waals surface area contributed by atoms with Crippen LogP contribution in [-0.2, 0) is 21.4 Å². The Morgan fingerprint density at radius 3 is 2.45 bits per heavy atom. The van der Waals surface area contributed by atoms with Gasteiger partial charge in [-0.25, -0.2) is 8.42 Å². The number of amides is 1. The SMILES string of the molecule is CS(=O)(=O)N1CC[C@H](C(=O)NCc2ccc(N3CCCCC3)cc2)Oc2ccccc21. The van der Waals surface area contributed by atoms with E-state index in [1.807, 2.05) is 12.1 Å². The molecule has 0 spiro atoms. The Morgan fingerprint density at radius 1 is 1.03 bits per heavy atom. The highest BCUT2D eigenvalue weighted by Crippen LogP contribution is 2.33. The van der Waals surface area contributed by atoms with Crippen LogP contribution in [0.25, 0.3) is 0 Å². The molecule has 2 aromatic carbocycles. The number of ether oxygens (including phenoxy) is 1. The van der Waals surface area contributed by atoms with Gasteiger partial charge in [0.2, 0.25) is 10.0 Å². The highest BCUT2D eigenvalue weighted by atomic mass is 32.2. The molecule has 4 rings (SSSR count). The molecule has 2 heterocycles. The largest absolute Gasteiger partial charge is 0.478 e. The molecule has 1 atom stereocenters. The van der Waals surface area contributed by atoms with Gasteiger partial charge in [-0.2, -0.15) is 0 Å². The number of rotatable bonds is 5. The van der Waals surface area contributed by atoms with Crippen LogP contribution in [0, 0.1) is 0 Å². The number of piperidine rings is 1. The number of sulfonamides is 1. The minimum absolute atomic E-state index is 0.193. The van der Waals surface area contributed by atoms with Gasteiger partial charge in [-0.15, -0.1) is 0 Å². The highest BCUT2D eigenvalue weighted by molar-refractivity contribution is 7.92. The maximum absolute atomic E-state index is 12.8. The number of para-hydroxylation sites is 2. The van der Waals surface area contributed by atoms with Crippen LogP contribution in [0.2, 0.25) is 0 Å². The Kier molecular flexibility index (Phi) is 6.36. The number of hydrogen-bond acceptors (Lipinski definition) is 5. The van der Waals surface area contributed by atoms with Crippen molar-refractivity contribution in [2.45, 2.75) is 38.3 Å². The lowest BCUT2D eigenvalue weighted by atomic mass is 10.1. The Balaban J connectivity index is 1.39. The Labute approximate surface area is 184 Å². The van der Waals surface area contributed by atoms with Crippen molar-refractivity contribution in [1.82, 2.24) is 5.32 Å². The van der Waals surface area contributed by atoms with E-state index >= 15 is 0 Å². The van der Waals surface area contributed by atoms with Crippen LogP contribution in [0.15, 0.2) is 48.5 Å². The van der Waals surface area contributed by atoms with Gasteiger partial charge in [0, 0.05) is 38.3 Å². The number of anilines is 2. The van der Waals surface area contributed by atoms with Crippen LogP contribution in [0.5, 0.6) is 5.75 Å². The van der Waals surface area contributed by atoms with Crippen LogP contribution in [-0.4, -0.2) is 46.3 Å². The van der Waals surface area contributed by atoms with Gasteiger partial charge in [0.25, 0.3) is 5.91 Å². The Hall–Kier alpha value is -2.74. The van der Waals surface area contributed by atoms with Gasteiger partial charge in [-0.1, -0.05) is 24.3 Å². The number of carbonyl (C=O) groups excluding carboxylic acids is 1. The molecule has 1 fully saturated rings. The van der Waals surface area contributed by atoms with Crippen molar-refractivity contribution in [3.05, 3.63) is 54.1 Å². The smallest absolute Gasteiger partial charge is 0.261 e. The van der Waals surface area contributed by atoms with E-state index in [-0.39, 0.29) is 18.9 Å². The van der Waals surface area contributed by atoms with Crippen LogP contribution in [0.3, 0.4) is 0 Å². The van der Waals surface area contributed by atoms with Crippen LogP contribution in [0.4, 0.5) is 11.4 Å². The molecule has 1 saturated heterocycles. The summed E-state index contributed by atoms with van der Waals surface area (Å²) in [6.07, 6.45) is 4.47. The second kappa shape index (κ2) is 9.18. The summed E-state index contributed by atoms with van der Waals surface area (Å²) >= 11 is 0. The highest BCUT2D eigenvalue weighted by Gasteiger charge is 2.30. The van der Waals surface area contributed by atoms with E-state index in [9.17, 15) is 13.2 Å². The third kappa shape index (κ3) is 5.12. The average Bonchev–Trinajstić information content (AvgIpc) is 2.98. The molecule has 0 unspecified atom stereocenters. The summed E-state index contributed by atoms with van der Waals surface area (Å²) in [6, 6.07) is 15.2. The van der Waals surface area contributed by atoms with Crippen LogP contribution < -0.4 is 19.3 Å². The molecule has 1 amide bonds. The molecule has 2 aliphatic rings.